The Kier molecular flexibility index (Phi) is 5.16. The van der Waals surface area contributed by atoms with Crippen LogP contribution in [-0.2, 0) is 12.8 Å². The molecule has 0 spiro atoms. The topological polar surface area (TPSA) is 63.4 Å². The average molecular weight is 352 g/mol. The number of H-pyrrole nitrogens is 1. The van der Waals surface area contributed by atoms with Gasteiger partial charge in [0, 0.05) is 23.3 Å². The summed E-state index contributed by atoms with van der Waals surface area (Å²) in [6.45, 7) is 4.18. The number of para-hydroxylation sites is 1. The minimum Gasteiger partial charge on any atom is -0.493 e. The zero-order valence-electron chi connectivity index (χ0n) is 15.6. The highest BCUT2D eigenvalue weighted by molar-refractivity contribution is 6.13. The fourth-order valence-electron chi connectivity index (χ4n) is 3.22. The van der Waals surface area contributed by atoms with Crippen molar-refractivity contribution >= 4 is 22.5 Å². The van der Waals surface area contributed by atoms with Gasteiger partial charge in [0.1, 0.15) is 0 Å². The summed E-state index contributed by atoms with van der Waals surface area (Å²) in [6, 6.07) is 9.81. The van der Waals surface area contributed by atoms with E-state index in [1.807, 2.05) is 18.2 Å². The van der Waals surface area contributed by atoms with Gasteiger partial charge in [-0.05, 0) is 30.0 Å². The van der Waals surface area contributed by atoms with Crippen LogP contribution in [0.25, 0.3) is 10.9 Å². The van der Waals surface area contributed by atoms with Gasteiger partial charge in [0.05, 0.1) is 25.3 Å². The lowest BCUT2D eigenvalue weighted by Crippen LogP contribution is -2.14. The van der Waals surface area contributed by atoms with E-state index in [4.69, 9.17) is 9.47 Å². The Balaban J connectivity index is 2.01. The average Bonchev–Trinajstić information content (AvgIpc) is 3.09. The molecule has 5 heteroatoms. The Morgan fingerprint density at radius 1 is 1.04 bits per heavy atom. The number of carbonyl (C=O) groups is 1. The summed E-state index contributed by atoms with van der Waals surface area (Å²) in [6.07, 6.45) is 3.45. The molecule has 26 heavy (non-hydrogen) atoms. The highest BCUT2D eigenvalue weighted by Crippen LogP contribution is 2.34. The number of ether oxygens (including phenoxy) is 2. The Bertz CT molecular complexity index is 922. The second-order valence-corrected chi connectivity index (χ2v) is 6.07. The van der Waals surface area contributed by atoms with Crippen LogP contribution >= 0.6 is 0 Å². The number of nitrogens with one attached hydrogen (secondary N) is 2. The maximum Gasteiger partial charge on any atom is 0.257 e. The Hall–Kier alpha value is -2.95. The molecular formula is C21H24N2O3. The number of hydrogen-bond donors (Lipinski definition) is 2. The van der Waals surface area contributed by atoms with Gasteiger partial charge in [-0.1, -0.05) is 32.0 Å². The van der Waals surface area contributed by atoms with Crippen LogP contribution in [0.1, 0.15) is 35.3 Å². The number of benzene rings is 2. The highest BCUT2D eigenvalue weighted by atomic mass is 16.5. The molecule has 0 aliphatic heterocycles. The number of rotatable bonds is 6. The molecule has 1 amide bonds. The van der Waals surface area contributed by atoms with Gasteiger partial charge in [0.15, 0.2) is 11.5 Å². The molecule has 5 nitrogen and oxygen atoms in total. The molecule has 3 aromatic rings. The number of aromatic nitrogens is 1. The zero-order chi connectivity index (χ0) is 18.7. The molecule has 1 heterocycles. The van der Waals surface area contributed by atoms with E-state index in [-0.39, 0.29) is 5.91 Å². The van der Waals surface area contributed by atoms with Crippen LogP contribution in [0.5, 0.6) is 11.5 Å². The number of amides is 1. The van der Waals surface area contributed by atoms with Crippen molar-refractivity contribution in [1.29, 1.82) is 0 Å². The molecule has 0 aliphatic rings. The maximum atomic E-state index is 13.0. The summed E-state index contributed by atoms with van der Waals surface area (Å²) < 4.78 is 10.7. The van der Waals surface area contributed by atoms with Crippen molar-refractivity contribution in [2.75, 3.05) is 19.5 Å². The Labute approximate surface area is 153 Å². The van der Waals surface area contributed by atoms with Crippen molar-refractivity contribution < 1.29 is 14.3 Å². The molecule has 0 fully saturated rings. The predicted molar refractivity (Wildman–Crippen MR) is 105 cm³/mol. The number of methoxy groups -OCH3 is 2. The van der Waals surface area contributed by atoms with Gasteiger partial charge in [0.25, 0.3) is 5.91 Å². The lowest BCUT2D eigenvalue weighted by Gasteiger charge is -2.14. The lowest BCUT2D eigenvalue weighted by molar-refractivity contribution is 0.102. The minimum absolute atomic E-state index is 0.140. The minimum atomic E-state index is -0.140. The third-order valence-corrected chi connectivity index (χ3v) is 4.67. The first-order valence-electron chi connectivity index (χ1n) is 8.78. The van der Waals surface area contributed by atoms with Gasteiger partial charge in [-0.2, -0.15) is 0 Å². The molecule has 0 radical (unpaired) electrons. The van der Waals surface area contributed by atoms with Gasteiger partial charge < -0.3 is 19.8 Å². The fourth-order valence-corrected chi connectivity index (χ4v) is 3.22. The lowest BCUT2D eigenvalue weighted by atomic mass is 10.0. The molecular weight excluding hydrogens is 328 g/mol. The highest BCUT2D eigenvalue weighted by Gasteiger charge is 2.17. The van der Waals surface area contributed by atoms with E-state index in [1.54, 1.807) is 20.4 Å². The van der Waals surface area contributed by atoms with Gasteiger partial charge in [-0.15, -0.1) is 0 Å². The molecule has 0 saturated carbocycles. The molecule has 1 aromatic heterocycles. The first kappa shape index (κ1) is 17.9. The van der Waals surface area contributed by atoms with Crippen LogP contribution in [0.15, 0.2) is 36.5 Å². The summed E-state index contributed by atoms with van der Waals surface area (Å²) in [4.78, 5) is 16.1. The van der Waals surface area contributed by atoms with E-state index in [0.29, 0.717) is 17.1 Å². The summed E-state index contributed by atoms with van der Waals surface area (Å²) >= 11 is 0. The quantitative estimate of drug-likeness (QED) is 0.683. The zero-order valence-corrected chi connectivity index (χ0v) is 15.6. The number of aromatic amines is 1. The van der Waals surface area contributed by atoms with Gasteiger partial charge in [0.2, 0.25) is 0 Å². The van der Waals surface area contributed by atoms with E-state index in [9.17, 15) is 4.79 Å². The third kappa shape index (κ3) is 3.12. The molecule has 0 atom stereocenters. The van der Waals surface area contributed by atoms with Crippen LogP contribution in [0.4, 0.5) is 5.69 Å². The molecule has 0 unspecified atom stereocenters. The van der Waals surface area contributed by atoms with Crippen molar-refractivity contribution in [3.63, 3.8) is 0 Å². The van der Waals surface area contributed by atoms with Crippen molar-refractivity contribution in [3.8, 4) is 11.5 Å². The smallest absolute Gasteiger partial charge is 0.257 e. The van der Waals surface area contributed by atoms with Crippen molar-refractivity contribution in [1.82, 2.24) is 4.98 Å². The number of fused-ring (bicyclic) bond motifs is 1. The molecule has 136 valence electrons. The third-order valence-electron chi connectivity index (χ3n) is 4.67. The molecule has 0 aliphatic carbocycles. The largest absolute Gasteiger partial charge is 0.493 e. The SMILES string of the molecule is CCc1cccc(CC)c1NC(=O)c1c[nH]c2cc(OC)c(OC)cc12. The second kappa shape index (κ2) is 7.52. The normalized spacial score (nSPS) is 10.8. The fraction of sp³-hybridized carbons (Fsp3) is 0.286. The molecule has 3 rings (SSSR count). The van der Waals surface area contributed by atoms with Crippen LogP contribution in [-0.4, -0.2) is 25.1 Å². The maximum absolute atomic E-state index is 13.0. The van der Waals surface area contributed by atoms with Crippen LogP contribution < -0.4 is 14.8 Å². The van der Waals surface area contributed by atoms with E-state index in [0.717, 1.165) is 40.6 Å². The first-order chi connectivity index (χ1) is 12.6. The predicted octanol–water partition coefficient (Wildman–Crippen LogP) is 4.56. The van der Waals surface area contributed by atoms with E-state index in [2.05, 4.69) is 36.3 Å². The van der Waals surface area contributed by atoms with Crippen molar-refractivity contribution in [3.05, 3.63) is 53.2 Å². The molecule has 0 saturated heterocycles. The second-order valence-electron chi connectivity index (χ2n) is 6.07. The monoisotopic (exact) mass is 352 g/mol. The summed E-state index contributed by atoms with van der Waals surface area (Å²) in [7, 11) is 3.18. The molecule has 2 N–H and O–H groups in total. The summed E-state index contributed by atoms with van der Waals surface area (Å²) in [5, 5.41) is 3.91. The Morgan fingerprint density at radius 3 is 2.23 bits per heavy atom. The number of anilines is 1. The van der Waals surface area contributed by atoms with Gasteiger partial charge >= 0.3 is 0 Å². The van der Waals surface area contributed by atoms with Crippen molar-refractivity contribution in [2.45, 2.75) is 26.7 Å². The number of hydrogen-bond acceptors (Lipinski definition) is 3. The van der Waals surface area contributed by atoms with E-state index < -0.39 is 0 Å². The van der Waals surface area contributed by atoms with Crippen LogP contribution in [0.3, 0.4) is 0 Å². The summed E-state index contributed by atoms with van der Waals surface area (Å²) in [5.41, 5.74) is 4.59. The number of carbonyl (C=O) groups excluding carboxylic acids is 1. The van der Waals surface area contributed by atoms with Crippen LogP contribution in [0.2, 0.25) is 0 Å². The van der Waals surface area contributed by atoms with Gasteiger partial charge in [-0.25, -0.2) is 0 Å². The van der Waals surface area contributed by atoms with E-state index >= 15 is 0 Å². The van der Waals surface area contributed by atoms with Crippen molar-refractivity contribution in [2.24, 2.45) is 0 Å². The standard InChI is InChI=1S/C21H24N2O3/c1-5-13-8-7-9-14(6-2)20(13)23-21(24)16-12-22-17-11-19(26-4)18(25-3)10-15(16)17/h7-12,22H,5-6H2,1-4H3,(H,23,24). The van der Waals surface area contributed by atoms with E-state index in [1.165, 1.54) is 0 Å². The van der Waals surface area contributed by atoms with Gasteiger partial charge in [-0.3, -0.25) is 4.79 Å². The summed E-state index contributed by atoms with van der Waals surface area (Å²) in [5.74, 6) is 1.08. The molecule has 2 aromatic carbocycles. The van der Waals surface area contributed by atoms with Crippen LogP contribution in [0, 0.1) is 0 Å². The number of aryl methyl sites for hydroxylation is 2. The molecule has 0 bridgehead atoms. The first-order valence-corrected chi connectivity index (χ1v) is 8.78. The Morgan fingerprint density at radius 2 is 1.65 bits per heavy atom.